The number of methoxy groups -OCH3 is 2. The molecule has 1 heterocycles. The predicted octanol–water partition coefficient (Wildman–Crippen LogP) is 5.83. The lowest BCUT2D eigenvalue weighted by atomic mass is 10.1. The molecule has 0 unspecified atom stereocenters. The zero-order chi connectivity index (χ0) is 24.1. The molecule has 7 nitrogen and oxygen atoms in total. The van der Waals surface area contributed by atoms with Crippen LogP contribution in [0, 0.1) is 0 Å². The first-order valence-corrected chi connectivity index (χ1v) is 11.2. The van der Waals surface area contributed by atoms with Crippen LogP contribution in [0.2, 0.25) is 0 Å². The maximum atomic E-state index is 11.6. The van der Waals surface area contributed by atoms with E-state index in [1.165, 1.54) is 0 Å². The van der Waals surface area contributed by atoms with Crippen LogP contribution >= 0.6 is 0 Å². The number of pyridine rings is 1. The average molecular weight is 460 g/mol. The number of anilines is 2. The van der Waals surface area contributed by atoms with Crippen molar-refractivity contribution in [1.29, 1.82) is 0 Å². The maximum absolute atomic E-state index is 11.6. The van der Waals surface area contributed by atoms with Crippen molar-refractivity contribution in [3.8, 4) is 11.5 Å². The Hall–Kier alpha value is -4.00. The molecule has 0 atom stereocenters. The highest BCUT2D eigenvalue weighted by Gasteiger charge is 2.12. The van der Waals surface area contributed by atoms with Gasteiger partial charge in [-0.3, -0.25) is 0 Å². The fourth-order valence-corrected chi connectivity index (χ4v) is 3.73. The Morgan fingerprint density at radius 2 is 1.47 bits per heavy atom. The molecule has 0 aliphatic heterocycles. The van der Waals surface area contributed by atoms with Crippen LogP contribution in [0.5, 0.6) is 11.5 Å². The van der Waals surface area contributed by atoms with Gasteiger partial charge in [-0.2, -0.15) is 0 Å². The van der Waals surface area contributed by atoms with Crippen LogP contribution in [0.25, 0.3) is 21.8 Å². The van der Waals surface area contributed by atoms with Gasteiger partial charge in [-0.05, 0) is 67.9 Å². The molecule has 2 N–H and O–H groups in total. The topological polar surface area (TPSA) is 81.7 Å². The number of carbonyl (C=O) groups is 1. The van der Waals surface area contributed by atoms with E-state index < -0.39 is 6.09 Å². The number of amides is 1. The third kappa shape index (κ3) is 5.31. The number of benzene rings is 3. The summed E-state index contributed by atoms with van der Waals surface area (Å²) in [5, 5.41) is 8.19. The molecule has 34 heavy (non-hydrogen) atoms. The first-order chi connectivity index (χ1) is 16.5. The molecular formula is C27H29N3O4. The number of nitrogens with zero attached hydrogens (tertiary/aromatic N) is 1. The summed E-state index contributed by atoms with van der Waals surface area (Å²) in [6.07, 6.45) is 0.247. The summed E-state index contributed by atoms with van der Waals surface area (Å²) in [6.45, 7) is 4.12. The maximum Gasteiger partial charge on any atom is 0.407 e. The van der Waals surface area contributed by atoms with Gasteiger partial charge in [-0.25, -0.2) is 9.78 Å². The van der Waals surface area contributed by atoms with E-state index >= 15 is 0 Å². The summed E-state index contributed by atoms with van der Waals surface area (Å²) in [6, 6.07) is 19.8. The Kier molecular flexibility index (Phi) is 7.01. The van der Waals surface area contributed by atoms with Crippen LogP contribution in [0.15, 0.2) is 60.7 Å². The SMILES string of the molecule is COc1ccc2nc3ccc(OC)cc3c(Nc3ccc(CCOC(=O)NC(C)C)cc3)c2c1. The molecule has 0 saturated carbocycles. The quantitative estimate of drug-likeness (QED) is 0.323. The Bertz CT molecular complexity index is 1240. The van der Waals surface area contributed by atoms with Crippen molar-refractivity contribution in [2.24, 2.45) is 0 Å². The third-order valence-electron chi connectivity index (χ3n) is 5.44. The van der Waals surface area contributed by atoms with E-state index in [9.17, 15) is 4.79 Å². The molecule has 0 spiro atoms. The monoisotopic (exact) mass is 459 g/mol. The molecule has 4 rings (SSSR count). The van der Waals surface area contributed by atoms with E-state index in [1.54, 1.807) is 14.2 Å². The second kappa shape index (κ2) is 10.3. The zero-order valence-corrected chi connectivity index (χ0v) is 19.8. The fourth-order valence-electron chi connectivity index (χ4n) is 3.73. The molecule has 1 amide bonds. The van der Waals surface area contributed by atoms with Crippen molar-refractivity contribution >= 4 is 39.3 Å². The highest BCUT2D eigenvalue weighted by atomic mass is 16.5. The molecule has 7 heteroatoms. The van der Waals surface area contributed by atoms with Gasteiger partial charge in [0.05, 0.1) is 37.5 Å². The summed E-state index contributed by atoms with van der Waals surface area (Å²) < 4.78 is 16.1. The number of rotatable bonds is 8. The molecule has 0 fully saturated rings. The standard InChI is InChI=1S/C27H29N3O4/c1-17(2)28-27(31)34-14-13-18-5-7-19(8-6-18)29-26-22-15-20(32-3)9-11-24(22)30-25-12-10-21(33-4)16-23(25)26/h5-12,15-17H,13-14H2,1-4H3,(H,28,31)(H,29,30). The van der Waals surface area contributed by atoms with Crippen molar-refractivity contribution in [1.82, 2.24) is 10.3 Å². The Morgan fingerprint density at radius 3 is 2.00 bits per heavy atom. The lowest BCUT2D eigenvalue weighted by molar-refractivity contribution is 0.145. The van der Waals surface area contributed by atoms with E-state index in [2.05, 4.69) is 10.6 Å². The number of aromatic nitrogens is 1. The minimum Gasteiger partial charge on any atom is -0.497 e. The van der Waals surface area contributed by atoms with E-state index in [4.69, 9.17) is 19.2 Å². The molecule has 3 aromatic carbocycles. The van der Waals surface area contributed by atoms with Crippen molar-refractivity contribution in [2.75, 3.05) is 26.1 Å². The molecule has 0 aliphatic carbocycles. The van der Waals surface area contributed by atoms with Gasteiger partial charge in [-0.15, -0.1) is 0 Å². The summed E-state index contributed by atoms with van der Waals surface area (Å²) in [7, 11) is 3.31. The summed E-state index contributed by atoms with van der Waals surface area (Å²) in [4.78, 5) is 16.5. The molecular weight excluding hydrogens is 430 g/mol. The average Bonchev–Trinajstić information content (AvgIpc) is 2.84. The smallest absolute Gasteiger partial charge is 0.407 e. The second-order valence-electron chi connectivity index (χ2n) is 8.26. The highest BCUT2D eigenvalue weighted by molar-refractivity contribution is 6.09. The van der Waals surface area contributed by atoms with Gasteiger partial charge < -0.3 is 24.8 Å². The van der Waals surface area contributed by atoms with E-state index in [1.807, 2.05) is 74.5 Å². The number of fused-ring (bicyclic) bond motifs is 2. The van der Waals surface area contributed by atoms with E-state index in [0.717, 1.165) is 50.2 Å². The van der Waals surface area contributed by atoms with Crippen molar-refractivity contribution in [2.45, 2.75) is 26.3 Å². The minimum absolute atomic E-state index is 0.0538. The summed E-state index contributed by atoms with van der Waals surface area (Å²) in [5.74, 6) is 1.52. The number of hydrogen-bond acceptors (Lipinski definition) is 6. The Labute approximate surface area is 199 Å². The van der Waals surface area contributed by atoms with Crippen molar-refractivity contribution < 1.29 is 19.0 Å². The number of alkyl carbamates (subject to hydrolysis) is 1. The highest BCUT2D eigenvalue weighted by Crippen LogP contribution is 2.36. The van der Waals surface area contributed by atoms with Gasteiger partial charge in [0.25, 0.3) is 0 Å². The molecule has 0 aliphatic rings. The van der Waals surface area contributed by atoms with Crippen LogP contribution in [-0.2, 0) is 11.2 Å². The third-order valence-corrected chi connectivity index (χ3v) is 5.44. The number of ether oxygens (including phenoxy) is 3. The first-order valence-electron chi connectivity index (χ1n) is 11.2. The summed E-state index contributed by atoms with van der Waals surface area (Å²) >= 11 is 0. The van der Waals surface area contributed by atoms with E-state index in [0.29, 0.717) is 13.0 Å². The molecule has 4 aromatic rings. The molecule has 0 bridgehead atoms. The van der Waals surface area contributed by atoms with Crippen molar-refractivity contribution in [3.63, 3.8) is 0 Å². The van der Waals surface area contributed by atoms with Crippen LogP contribution in [0.3, 0.4) is 0 Å². The van der Waals surface area contributed by atoms with Crippen molar-refractivity contribution in [3.05, 3.63) is 66.2 Å². The van der Waals surface area contributed by atoms with E-state index in [-0.39, 0.29) is 6.04 Å². The Morgan fingerprint density at radius 1 is 0.882 bits per heavy atom. The number of hydrogen-bond donors (Lipinski definition) is 2. The van der Waals surface area contributed by atoms with Crippen LogP contribution in [0.1, 0.15) is 19.4 Å². The van der Waals surface area contributed by atoms with Gasteiger partial charge in [0.1, 0.15) is 11.5 Å². The number of carbonyl (C=O) groups excluding carboxylic acids is 1. The lowest BCUT2D eigenvalue weighted by Gasteiger charge is -2.15. The number of nitrogens with one attached hydrogen (secondary N) is 2. The predicted molar refractivity (Wildman–Crippen MR) is 135 cm³/mol. The molecule has 0 radical (unpaired) electrons. The molecule has 0 saturated heterocycles. The Balaban J connectivity index is 1.60. The molecule has 176 valence electrons. The second-order valence-corrected chi connectivity index (χ2v) is 8.26. The summed E-state index contributed by atoms with van der Waals surface area (Å²) in [5.41, 5.74) is 4.68. The van der Waals surface area contributed by atoms with Gasteiger partial charge >= 0.3 is 6.09 Å². The van der Waals surface area contributed by atoms with Crippen LogP contribution in [-0.4, -0.2) is 37.9 Å². The van der Waals surface area contributed by atoms with Gasteiger partial charge in [0, 0.05) is 28.9 Å². The van der Waals surface area contributed by atoms with Gasteiger partial charge in [-0.1, -0.05) is 12.1 Å². The fraction of sp³-hybridized carbons (Fsp3) is 0.259. The van der Waals surface area contributed by atoms with Gasteiger partial charge in [0.2, 0.25) is 0 Å². The zero-order valence-electron chi connectivity index (χ0n) is 19.8. The largest absolute Gasteiger partial charge is 0.497 e. The van der Waals surface area contributed by atoms with Gasteiger partial charge in [0.15, 0.2) is 0 Å². The van der Waals surface area contributed by atoms with Crippen LogP contribution < -0.4 is 20.1 Å². The normalized spacial score (nSPS) is 11.0. The minimum atomic E-state index is -0.393. The first kappa shape index (κ1) is 23.2. The van der Waals surface area contributed by atoms with Crippen LogP contribution in [0.4, 0.5) is 16.2 Å². The lowest BCUT2D eigenvalue weighted by Crippen LogP contribution is -2.31. The molecule has 1 aromatic heterocycles.